The van der Waals surface area contributed by atoms with Crippen LogP contribution >= 0.6 is 15.9 Å². The molecule has 21 heavy (non-hydrogen) atoms. The number of likely N-dealkylation sites (tertiary alicyclic amines) is 1. The van der Waals surface area contributed by atoms with Crippen LogP contribution in [0.2, 0.25) is 0 Å². The standard InChI is InChI=1S/C15H22BrN3O2/c1-2-8-18-9-6-13(7-10-18)17-11-12-4-3-5-14(15(12)16)19(20)21/h3-5,13,17H,2,6-11H2,1H3. The predicted octanol–water partition coefficient (Wildman–Crippen LogP) is 3.32. The quantitative estimate of drug-likeness (QED) is 0.628. The second-order valence-electron chi connectivity index (χ2n) is 5.50. The molecule has 0 spiro atoms. The van der Waals surface area contributed by atoms with E-state index in [1.165, 1.54) is 19.0 Å². The molecular weight excluding hydrogens is 334 g/mol. The van der Waals surface area contributed by atoms with E-state index >= 15 is 0 Å². The van der Waals surface area contributed by atoms with Crippen LogP contribution in [0.1, 0.15) is 31.7 Å². The molecule has 0 radical (unpaired) electrons. The molecule has 1 fully saturated rings. The minimum absolute atomic E-state index is 0.132. The Labute approximate surface area is 134 Å². The third-order valence-corrected chi connectivity index (χ3v) is 4.88. The van der Waals surface area contributed by atoms with E-state index in [4.69, 9.17) is 0 Å². The first-order chi connectivity index (χ1) is 10.1. The zero-order chi connectivity index (χ0) is 15.2. The summed E-state index contributed by atoms with van der Waals surface area (Å²) < 4.78 is 0.589. The number of hydrogen-bond acceptors (Lipinski definition) is 4. The van der Waals surface area contributed by atoms with Crippen LogP contribution in [0.3, 0.4) is 0 Å². The molecule has 2 rings (SSSR count). The van der Waals surface area contributed by atoms with Crippen molar-refractivity contribution in [1.82, 2.24) is 10.2 Å². The van der Waals surface area contributed by atoms with Crippen LogP contribution in [0.25, 0.3) is 0 Å². The van der Waals surface area contributed by atoms with Crippen molar-refractivity contribution in [3.05, 3.63) is 38.3 Å². The summed E-state index contributed by atoms with van der Waals surface area (Å²) in [6.45, 7) is 6.34. The fourth-order valence-corrected chi connectivity index (χ4v) is 3.32. The smallest absolute Gasteiger partial charge is 0.283 e. The summed E-state index contributed by atoms with van der Waals surface area (Å²) in [5, 5.41) is 14.5. The lowest BCUT2D eigenvalue weighted by Crippen LogP contribution is -2.42. The number of nitro benzene ring substituents is 1. The normalized spacial score (nSPS) is 17.0. The molecule has 0 bridgehead atoms. The Bertz CT molecular complexity index is 488. The maximum absolute atomic E-state index is 10.9. The van der Waals surface area contributed by atoms with E-state index in [9.17, 15) is 10.1 Å². The third-order valence-electron chi connectivity index (χ3n) is 3.96. The number of benzene rings is 1. The zero-order valence-corrected chi connectivity index (χ0v) is 13.9. The molecule has 1 aliphatic heterocycles. The van der Waals surface area contributed by atoms with Gasteiger partial charge in [-0.2, -0.15) is 0 Å². The van der Waals surface area contributed by atoms with Gasteiger partial charge in [0.15, 0.2) is 0 Å². The lowest BCUT2D eigenvalue weighted by molar-refractivity contribution is -0.385. The lowest BCUT2D eigenvalue weighted by Gasteiger charge is -2.32. The van der Waals surface area contributed by atoms with Crippen molar-refractivity contribution in [2.75, 3.05) is 19.6 Å². The minimum Gasteiger partial charge on any atom is -0.310 e. The molecule has 1 N–H and O–H groups in total. The predicted molar refractivity (Wildman–Crippen MR) is 87.4 cm³/mol. The molecule has 0 saturated carbocycles. The van der Waals surface area contributed by atoms with E-state index in [1.54, 1.807) is 6.07 Å². The van der Waals surface area contributed by atoms with E-state index < -0.39 is 0 Å². The Hall–Kier alpha value is -0.980. The number of halogens is 1. The Kier molecular flexibility index (Phi) is 6.14. The largest absolute Gasteiger partial charge is 0.310 e. The first kappa shape index (κ1) is 16.4. The topological polar surface area (TPSA) is 58.4 Å². The first-order valence-corrected chi connectivity index (χ1v) is 8.28. The molecule has 1 saturated heterocycles. The highest BCUT2D eigenvalue weighted by Crippen LogP contribution is 2.28. The highest BCUT2D eigenvalue weighted by molar-refractivity contribution is 9.10. The average molecular weight is 356 g/mol. The van der Waals surface area contributed by atoms with Gasteiger partial charge in [0, 0.05) is 18.7 Å². The lowest BCUT2D eigenvalue weighted by atomic mass is 10.0. The van der Waals surface area contributed by atoms with Crippen LogP contribution in [0, 0.1) is 10.1 Å². The van der Waals surface area contributed by atoms with E-state index in [2.05, 4.69) is 33.1 Å². The van der Waals surface area contributed by atoms with E-state index in [1.807, 2.05) is 6.07 Å². The molecule has 1 heterocycles. The Morgan fingerprint density at radius 3 is 2.76 bits per heavy atom. The van der Waals surface area contributed by atoms with Gasteiger partial charge < -0.3 is 10.2 Å². The zero-order valence-electron chi connectivity index (χ0n) is 12.3. The Morgan fingerprint density at radius 2 is 2.14 bits per heavy atom. The van der Waals surface area contributed by atoms with Crippen molar-refractivity contribution < 1.29 is 4.92 Å². The van der Waals surface area contributed by atoms with Crippen molar-refractivity contribution >= 4 is 21.6 Å². The summed E-state index contributed by atoms with van der Waals surface area (Å²) >= 11 is 3.35. The second-order valence-corrected chi connectivity index (χ2v) is 6.30. The summed E-state index contributed by atoms with van der Waals surface area (Å²) in [5.41, 5.74) is 1.08. The van der Waals surface area contributed by atoms with Gasteiger partial charge in [-0.1, -0.05) is 19.1 Å². The van der Waals surface area contributed by atoms with Crippen molar-refractivity contribution in [2.24, 2.45) is 0 Å². The number of piperidine rings is 1. The highest BCUT2D eigenvalue weighted by atomic mass is 79.9. The number of rotatable bonds is 6. The van der Waals surface area contributed by atoms with Crippen LogP contribution in [-0.4, -0.2) is 35.5 Å². The summed E-state index contributed by atoms with van der Waals surface area (Å²) in [6.07, 6.45) is 3.50. The van der Waals surface area contributed by atoms with Crippen LogP contribution in [0.15, 0.2) is 22.7 Å². The molecule has 0 atom stereocenters. The van der Waals surface area contributed by atoms with Gasteiger partial charge in [-0.25, -0.2) is 0 Å². The molecule has 1 aromatic rings. The van der Waals surface area contributed by atoms with Gasteiger partial charge in [0.1, 0.15) is 0 Å². The number of nitro groups is 1. The molecule has 0 aromatic heterocycles. The fraction of sp³-hybridized carbons (Fsp3) is 0.600. The average Bonchev–Trinajstić information content (AvgIpc) is 2.48. The van der Waals surface area contributed by atoms with Crippen LogP contribution < -0.4 is 5.32 Å². The first-order valence-electron chi connectivity index (χ1n) is 7.49. The third kappa shape index (κ3) is 4.49. The number of nitrogens with one attached hydrogen (secondary N) is 1. The Balaban J connectivity index is 1.87. The summed E-state index contributed by atoms with van der Waals surface area (Å²) in [4.78, 5) is 13.1. The SMILES string of the molecule is CCCN1CCC(NCc2cccc([N+](=O)[O-])c2Br)CC1. The van der Waals surface area contributed by atoms with Crippen molar-refractivity contribution in [3.63, 3.8) is 0 Å². The van der Waals surface area contributed by atoms with Crippen molar-refractivity contribution in [2.45, 2.75) is 38.8 Å². The highest BCUT2D eigenvalue weighted by Gasteiger charge is 2.19. The van der Waals surface area contributed by atoms with Gasteiger partial charge in [0.05, 0.1) is 9.40 Å². The molecular formula is C15H22BrN3O2. The van der Waals surface area contributed by atoms with Gasteiger partial charge in [-0.05, 0) is 60.4 Å². The van der Waals surface area contributed by atoms with Gasteiger partial charge in [0.25, 0.3) is 5.69 Å². The van der Waals surface area contributed by atoms with Gasteiger partial charge in [-0.3, -0.25) is 10.1 Å². The summed E-state index contributed by atoms with van der Waals surface area (Å²) in [6, 6.07) is 5.70. The maximum Gasteiger partial charge on any atom is 0.283 e. The van der Waals surface area contributed by atoms with Crippen LogP contribution in [0.5, 0.6) is 0 Å². The number of hydrogen-bond donors (Lipinski definition) is 1. The van der Waals surface area contributed by atoms with Crippen molar-refractivity contribution in [1.29, 1.82) is 0 Å². The van der Waals surface area contributed by atoms with Gasteiger partial charge in [-0.15, -0.1) is 0 Å². The maximum atomic E-state index is 10.9. The molecule has 5 nitrogen and oxygen atoms in total. The second kappa shape index (κ2) is 7.87. The van der Waals surface area contributed by atoms with E-state index in [0.29, 0.717) is 17.1 Å². The molecule has 0 amide bonds. The van der Waals surface area contributed by atoms with Crippen molar-refractivity contribution in [3.8, 4) is 0 Å². The molecule has 6 heteroatoms. The van der Waals surface area contributed by atoms with Gasteiger partial charge in [0.2, 0.25) is 0 Å². The summed E-state index contributed by atoms with van der Waals surface area (Å²) in [5.74, 6) is 0. The monoisotopic (exact) mass is 355 g/mol. The summed E-state index contributed by atoms with van der Waals surface area (Å²) in [7, 11) is 0. The van der Waals surface area contributed by atoms with Crippen LogP contribution in [0.4, 0.5) is 5.69 Å². The molecule has 1 aliphatic rings. The molecule has 1 aromatic carbocycles. The molecule has 0 unspecified atom stereocenters. The Morgan fingerprint density at radius 1 is 1.43 bits per heavy atom. The minimum atomic E-state index is -0.350. The van der Waals surface area contributed by atoms with E-state index in [-0.39, 0.29) is 10.6 Å². The number of nitrogens with zero attached hydrogens (tertiary/aromatic N) is 2. The van der Waals surface area contributed by atoms with Crippen LogP contribution in [-0.2, 0) is 6.54 Å². The molecule has 116 valence electrons. The van der Waals surface area contributed by atoms with Gasteiger partial charge >= 0.3 is 0 Å². The molecule has 0 aliphatic carbocycles. The fourth-order valence-electron chi connectivity index (χ4n) is 2.77. The van der Waals surface area contributed by atoms with E-state index in [0.717, 1.165) is 31.5 Å².